The van der Waals surface area contributed by atoms with Crippen LogP contribution in [0.25, 0.3) is 0 Å². The molecule has 0 aromatic heterocycles. The van der Waals surface area contributed by atoms with Gasteiger partial charge in [0.2, 0.25) is 0 Å². The van der Waals surface area contributed by atoms with E-state index < -0.39 is 41.7 Å². The molecule has 1 saturated carbocycles. The lowest BCUT2D eigenvalue weighted by Gasteiger charge is -2.30. The topological polar surface area (TPSA) is 59.1 Å². The minimum atomic E-state index is -3.01. The Labute approximate surface area is 175 Å². The SMILES string of the molecule is CC(C)(C)OC(=O)N1CC(F)(F)[C@@H]2CN(C3(C(=O)OCc4ccccc4)CC3)C[C@@H]21. The molecule has 0 radical (unpaired) electrons. The van der Waals surface area contributed by atoms with Gasteiger partial charge in [0.1, 0.15) is 17.7 Å². The highest BCUT2D eigenvalue weighted by molar-refractivity contribution is 5.84. The molecule has 30 heavy (non-hydrogen) atoms. The fraction of sp³-hybridized carbons (Fsp3) is 0.636. The van der Waals surface area contributed by atoms with Gasteiger partial charge >= 0.3 is 12.1 Å². The third-order valence-electron chi connectivity index (χ3n) is 6.16. The summed E-state index contributed by atoms with van der Waals surface area (Å²) in [4.78, 5) is 28.3. The van der Waals surface area contributed by atoms with E-state index in [9.17, 15) is 18.4 Å². The summed E-state index contributed by atoms with van der Waals surface area (Å²) in [5.74, 6) is -4.40. The number of benzene rings is 1. The average Bonchev–Trinajstić information content (AvgIpc) is 3.27. The zero-order chi connectivity index (χ0) is 21.7. The molecule has 0 spiro atoms. The molecule has 3 aliphatic rings. The molecule has 6 nitrogen and oxygen atoms in total. The minimum absolute atomic E-state index is 0.0669. The van der Waals surface area contributed by atoms with Gasteiger partial charge in [0.15, 0.2) is 0 Å². The van der Waals surface area contributed by atoms with E-state index in [1.807, 2.05) is 30.3 Å². The highest BCUT2D eigenvalue weighted by Crippen LogP contribution is 2.50. The van der Waals surface area contributed by atoms with Gasteiger partial charge in [-0.05, 0) is 39.2 Å². The summed E-state index contributed by atoms with van der Waals surface area (Å²) in [6, 6.07) is 8.68. The number of nitrogens with zero attached hydrogens (tertiary/aromatic N) is 2. The van der Waals surface area contributed by atoms with Crippen molar-refractivity contribution in [2.45, 2.75) is 63.3 Å². The van der Waals surface area contributed by atoms with E-state index in [1.165, 1.54) is 0 Å². The van der Waals surface area contributed by atoms with Crippen molar-refractivity contribution in [1.29, 1.82) is 0 Å². The van der Waals surface area contributed by atoms with Crippen molar-refractivity contribution in [2.24, 2.45) is 5.92 Å². The number of alkyl halides is 2. The summed E-state index contributed by atoms with van der Waals surface area (Å²) in [6.45, 7) is 4.93. The number of esters is 1. The molecule has 0 unspecified atom stereocenters. The standard InChI is InChI=1S/C22H28F2N2O4/c1-20(2,3)30-19(28)26-14-22(23,24)16-11-25(12-17(16)26)21(9-10-21)18(27)29-13-15-7-5-4-6-8-15/h4-8,16-17H,9-14H2,1-3H3/t16-,17+/m1/s1. The fourth-order valence-electron chi connectivity index (χ4n) is 4.47. The van der Waals surface area contributed by atoms with Crippen LogP contribution in [0.4, 0.5) is 13.6 Å². The van der Waals surface area contributed by atoms with Crippen LogP contribution in [-0.4, -0.2) is 64.6 Å². The number of hydrogen-bond donors (Lipinski definition) is 0. The molecule has 1 aromatic carbocycles. The molecular weight excluding hydrogens is 394 g/mol. The third-order valence-corrected chi connectivity index (χ3v) is 6.16. The largest absolute Gasteiger partial charge is 0.459 e. The number of amides is 1. The van der Waals surface area contributed by atoms with Gasteiger partial charge in [0, 0.05) is 13.1 Å². The number of halogens is 2. The van der Waals surface area contributed by atoms with Crippen LogP contribution in [0.2, 0.25) is 0 Å². The van der Waals surface area contributed by atoms with E-state index in [1.54, 1.807) is 25.7 Å². The Morgan fingerprint density at radius 3 is 2.40 bits per heavy atom. The van der Waals surface area contributed by atoms with Crippen LogP contribution in [0.1, 0.15) is 39.2 Å². The molecule has 0 bridgehead atoms. The smallest absolute Gasteiger partial charge is 0.410 e. The van der Waals surface area contributed by atoms with Crippen LogP contribution in [0.5, 0.6) is 0 Å². The zero-order valence-corrected chi connectivity index (χ0v) is 17.6. The lowest BCUT2D eigenvalue weighted by molar-refractivity contribution is -0.153. The fourth-order valence-corrected chi connectivity index (χ4v) is 4.47. The highest BCUT2D eigenvalue weighted by atomic mass is 19.3. The maximum absolute atomic E-state index is 14.7. The van der Waals surface area contributed by atoms with Crippen molar-refractivity contribution in [3.63, 3.8) is 0 Å². The van der Waals surface area contributed by atoms with E-state index in [2.05, 4.69) is 0 Å². The van der Waals surface area contributed by atoms with Gasteiger partial charge < -0.3 is 9.47 Å². The van der Waals surface area contributed by atoms with Crippen molar-refractivity contribution in [1.82, 2.24) is 9.80 Å². The lowest BCUT2D eigenvalue weighted by Crippen LogP contribution is -2.48. The van der Waals surface area contributed by atoms with Crippen LogP contribution >= 0.6 is 0 Å². The van der Waals surface area contributed by atoms with E-state index in [-0.39, 0.29) is 25.7 Å². The molecule has 1 aromatic rings. The van der Waals surface area contributed by atoms with Crippen LogP contribution in [-0.2, 0) is 20.9 Å². The van der Waals surface area contributed by atoms with Crippen LogP contribution in [0.15, 0.2) is 30.3 Å². The first-order valence-corrected chi connectivity index (χ1v) is 10.4. The summed E-state index contributed by atoms with van der Waals surface area (Å²) in [7, 11) is 0. The van der Waals surface area contributed by atoms with Gasteiger partial charge in [-0.2, -0.15) is 0 Å². The number of likely N-dealkylation sites (tertiary alicyclic amines) is 2. The predicted molar refractivity (Wildman–Crippen MR) is 105 cm³/mol. The molecule has 1 amide bonds. The zero-order valence-electron chi connectivity index (χ0n) is 17.6. The van der Waals surface area contributed by atoms with Gasteiger partial charge in [0.05, 0.1) is 18.5 Å². The number of rotatable bonds is 4. The Kier molecular flexibility index (Phi) is 5.03. The summed E-state index contributed by atoms with van der Waals surface area (Å²) in [5, 5.41) is 0. The quantitative estimate of drug-likeness (QED) is 0.696. The van der Waals surface area contributed by atoms with Crippen molar-refractivity contribution >= 4 is 12.1 Å². The van der Waals surface area contributed by atoms with Gasteiger partial charge in [0.25, 0.3) is 5.92 Å². The lowest BCUT2D eigenvalue weighted by atomic mass is 10.0. The van der Waals surface area contributed by atoms with E-state index >= 15 is 0 Å². The average molecular weight is 422 g/mol. The summed E-state index contributed by atoms with van der Waals surface area (Å²) >= 11 is 0. The van der Waals surface area contributed by atoms with Gasteiger partial charge in [-0.1, -0.05) is 30.3 Å². The Morgan fingerprint density at radius 1 is 1.13 bits per heavy atom. The van der Waals surface area contributed by atoms with Crippen molar-refractivity contribution in [3.8, 4) is 0 Å². The van der Waals surface area contributed by atoms with E-state index in [4.69, 9.17) is 9.47 Å². The second kappa shape index (κ2) is 7.18. The van der Waals surface area contributed by atoms with Crippen molar-refractivity contribution < 1.29 is 27.8 Å². The molecule has 2 aliphatic heterocycles. The molecule has 164 valence electrons. The molecule has 3 fully saturated rings. The van der Waals surface area contributed by atoms with Gasteiger partial charge in [-0.25, -0.2) is 13.6 Å². The van der Waals surface area contributed by atoms with Crippen LogP contribution < -0.4 is 0 Å². The molecule has 1 aliphatic carbocycles. The molecule has 2 saturated heterocycles. The Bertz CT molecular complexity index is 820. The molecular formula is C22H28F2N2O4. The van der Waals surface area contributed by atoms with Gasteiger partial charge in [-0.15, -0.1) is 0 Å². The molecule has 2 atom stereocenters. The van der Waals surface area contributed by atoms with Gasteiger partial charge in [-0.3, -0.25) is 14.6 Å². The number of carbonyl (C=O) groups excluding carboxylic acids is 2. The molecule has 2 heterocycles. The molecule has 0 N–H and O–H groups in total. The third kappa shape index (κ3) is 3.89. The maximum Gasteiger partial charge on any atom is 0.410 e. The second-order valence-corrected chi connectivity index (χ2v) is 9.54. The summed E-state index contributed by atoms with van der Waals surface area (Å²) in [5.41, 5.74) is -0.737. The Morgan fingerprint density at radius 2 is 1.80 bits per heavy atom. The summed E-state index contributed by atoms with van der Waals surface area (Å²) < 4.78 is 40.3. The van der Waals surface area contributed by atoms with E-state index in [0.29, 0.717) is 12.8 Å². The Balaban J connectivity index is 1.44. The van der Waals surface area contributed by atoms with Crippen LogP contribution in [0, 0.1) is 5.92 Å². The first-order chi connectivity index (χ1) is 14.0. The van der Waals surface area contributed by atoms with Crippen molar-refractivity contribution in [3.05, 3.63) is 35.9 Å². The normalized spacial score (nSPS) is 26.9. The van der Waals surface area contributed by atoms with Crippen molar-refractivity contribution in [2.75, 3.05) is 19.6 Å². The Hall–Kier alpha value is -2.22. The second-order valence-electron chi connectivity index (χ2n) is 9.54. The maximum atomic E-state index is 14.7. The van der Waals surface area contributed by atoms with Crippen LogP contribution in [0.3, 0.4) is 0 Å². The number of hydrogen-bond acceptors (Lipinski definition) is 5. The molecule has 8 heteroatoms. The first kappa shape index (κ1) is 21.0. The molecule has 4 rings (SSSR count). The number of ether oxygens (including phenoxy) is 2. The monoisotopic (exact) mass is 422 g/mol. The summed E-state index contributed by atoms with van der Waals surface area (Å²) in [6.07, 6.45) is 0.434. The highest BCUT2D eigenvalue weighted by Gasteiger charge is 2.66. The number of fused-ring (bicyclic) bond motifs is 1. The van der Waals surface area contributed by atoms with E-state index in [0.717, 1.165) is 10.5 Å². The number of carbonyl (C=O) groups is 2. The first-order valence-electron chi connectivity index (χ1n) is 10.4. The minimum Gasteiger partial charge on any atom is -0.459 e. The predicted octanol–water partition coefficient (Wildman–Crippen LogP) is 3.45.